The highest BCUT2D eigenvalue weighted by Gasteiger charge is 2.25. The molecule has 0 atom stereocenters. The van der Waals surface area contributed by atoms with Crippen LogP contribution in [0.2, 0.25) is 0 Å². The molecule has 1 fully saturated rings. The van der Waals surface area contributed by atoms with E-state index in [4.69, 9.17) is 11.5 Å². The quantitative estimate of drug-likeness (QED) is 0.839. The van der Waals surface area contributed by atoms with Crippen molar-refractivity contribution in [2.45, 2.75) is 31.1 Å². The maximum atomic E-state index is 11.4. The van der Waals surface area contributed by atoms with Crippen molar-refractivity contribution in [3.63, 3.8) is 0 Å². The van der Waals surface area contributed by atoms with Crippen molar-refractivity contribution in [3.05, 3.63) is 4.88 Å². The second-order valence-electron chi connectivity index (χ2n) is 4.89. The van der Waals surface area contributed by atoms with Crippen LogP contribution in [0.4, 0.5) is 10.7 Å². The van der Waals surface area contributed by atoms with Crippen molar-refractivity contribution < 1.29 is 4.79 Å². The SMILES string of the molecule is CCC1CCN(c2sc(C(N)=O)c(N)c2SC)CC1. The number of carbonyl (C=O) groups excluding carboxylic acids is 1. The van der Waals surface area contributed by atoms with E-state index in [9.17, 15) is 4.79 Å². The Bertz CT molecular complexity index is 465. The average Bonchev–Trinajstić information content (AvgIpc) is 2.76. The molecule has 0 saturated carbocycles. The molecule has 4 N–H and O–H groups in total. The number of rotatable bonds is 4. The minimum absolute atomic E-state index is 0.424. The number of thioether (sulfide) groups is 1. The van der Waals surface area contributed by atoms with Gasteiger partial charge < -0.3 is 16.4 Å². The molecule has 0 unspecified atom stereocenters. The summed E-state index contributed by atoms with van der Waals surface area (Å²) in [6.45, 7) is 4.34. The summed E-state index contributed by atoms with van der Waals surface area (Å²) in [5, 5.41) is 1.12. The summed E-state index contributed by atoms with van der Waals surface area (Å²) in [5.41, 5.74) is 12.0. The third-order valence-electron chi connectivity index (χ3n) is 3.79. The second kappa shape index (κ2) is 6.05. The lowest BCUT2D eigenvalue weighted by Crippen LogP contribution is -2.33. The van der Waals surface area contributed by atoms with Crippen molar-refractivity contribution in [1.29, 1.82) is 0 Å². The molecule has 19 heavy (non-hydrogen) atoms. The van der Waals surface area contributed by atoms with Crippen molar-refractivity contribution in [2.75, 3.05) is 30.0 Å². The number of nitrogen functional groups attached to an aromatic ring is 1. The first-order chi connectivity index (χ1) is 9.08. The molecular formula is C13H21N3OS2. The molecule has 2 rings (SSSR count). The highest BCUT2D eigenvalue weighted by atomic mass is 32.2. The summed E-state index contributed by atoms with van der Waals surface area (Å²) in [6.07, 6.45) is 5.68. The first-order valence-electron chi connectivity index (χ1n) is 6.59. The van der Waals surface area contributed by atoms with Gasteiger partial charge in [-0.25, -0.2) is 0 Å². The molecule has 4 nitrogen and oxygen atoms in total. The van der Waals surface area contributed by atoms with Gasteiger partial charge in [0.25, 0.3) is 5.91 Å². The number of hydrogen-bond donors (Lipinski definition) is 2. The Balaban J connectivity index is 2.25. The predicted octanol–water partition coefficient (Wildman–Crippen LogP) is 2.78. The molecule has 106 valence electrons. The Morgan fingerprint density at radius 3 is 2.58 bits per heavy atom. The summed E-state index contributed by atoms with van der Waals surface area (Å²) in [6, 6.07) is 0. The summed E-state index contributed by atoms with van der Waals surface area (Å²) < 4.78 is 0. The highest BCUT2D eigenvalue weighted by molar-refractivity contribution is 7.99. The van der Waals surface area contributed by atoms with E-state index < -0.39 is 5.91 Å². The minimum Gasteiger partial charge on any atom is -0.396 e. The number of carbonyl (C=O) groups is 1. The zero-order valence-corrected chi connectivity index (χ0v) is 13.1. The van der Waals surface area contributed by atoms with Crippen LogP contribution < -0.4 is 16.4 Å². The van der Waals surface area contributed by atoms with Crippen LogP contribution in [0.25, 0.3) is 0 Å². The largest absolute Gasteiger partial charge is 0.396 e. The fraction of sp³-hybridized carbons (Fsp3) is 0.615. The number of hydrogen-bond acceptors (Lipinski definition) is 5. The van der Waals surface area contributed by atoms with E-state index in [1.807, 2.05) is 6.26 Å². The van der Waals surface area contributed by atoms with Crippen molar-refractivity contribution in [1.82, 2.24) is 0 Å². The number of piperidine rings is 1. The van der Waals surface area contributed by atoms with Gasteiger partial charge in [0.1, 0.15) is 9.88 Å². The first-order valence-corrected chi connectivity index (χ1v) is 8.63. The molecule has 1 aromatic rings. The summed E-state index contributed by atoms with van der Waals surface area (Å²) >= 11 is 3.04. The third-order valence-corrected chi connectivity index (χ3v) is 6.02. The maximum absolute atomic E-state index is 11.4. The van der Waals surface area contributed by atoms with E-state index in [0.717, 1.165) is 28.9 Å². The van der Waals surface area contributed by atoms with Gasteiger partial charge in [0.15, 0.2) is 0 Å². The molecule has 1 aliphatic rings. The van der Waals surface area contributed by atoms with Gasteiger partial charge in [-0.1, -0.05) is 13.3 Å². The molecule has 1 aromatic heterocycles. The topological polar surface area (TPSA) is 72.3 Å². The molecule has 2 heterocycles. The maximum Gasteiger partial charge on any atom is 0.261 e. The lowest BCUT2D eigenvalue weighted by atomic mass is 9.95. The smallest absolute Gasteiger partial charge is 0.261 e. The van der Waals surface area contributed by atoms with E-state index >= 15 is 0 Å². The average molecular weight is 299 g/mol. The monoisotopic (exact) mass is 299 g/mol. The lowest BCUT2D eigenvalue weighted by Gasteiger charge is -2.32. The molecule has 0 bridgehead atoms. The van der Waals surface area contributed by atoms with Gasteiger partial charge in [-0.15, -0.1) is 23.1 Å². The Kier molecular flexibility index (Phi) is 4.62. The second-order valence-corrected chi connectivity index (χ2v) is 6.70. The summed E-state index contributed by atoms with van der Waals surface area (Å²) in [5.74, 6) is 0.411. The summed E-state index contributed by atoms with van der Waals surface area (Å²) in [4.78, 5) is 15.3. The van der Waals surface area contributed by atoms with Gasteiger partial charge in [-0.3, -0.25) is 4.79 Å². The molecule has 0 radical (unpaired) electrons. The molecule has 0 aliphatic carbocycles. The number of amides is 1. The van der Waals surface area contributed by atoms with Crippen LogP contribution in [0.15, 0.2) is 4.90 Å². The molecule has 0 aromatic carbocycles. The van der Waals surface area contributed by atoms with Crippen LogP contribution in [0.1, 0.15) is 35.9 Å². The van der Waals surface area contributed by atoms with Crippen molar-refractivity contribution in [3.8, 4) is 0 Å². The third kappa shape index (κ3) is 2.84. The predicted molar refractivity (Wildman–Crippen MR) is 84.3 cm³/mol. The summed E-state index contributed by atoms with van der Waals surface area (Å²) in [7, 11) is 0. The van der Waals surface area contributed by atoms with E-state index in [0.29, 0.717) is 10.6 Å². The van der Waals surface area contributed by atoms with Gasteiger partial charge in [0, 0.05) is 13.1 Å². The van der Waals surface area contributed by atoms with Gasteiger partial charge in [-0.05, 0) is 25.0 Å². The van der Waals surface area contributed by atoms with Crippen molar-refractivity contribution >= 4 is 39.7 Å². The van der Waals surface area contributed by atoms with Gasteiger partial charge in [0.05, 0.1) is 10.6 Å². The molecule has 1 amide bonds. The van der Waals surface area contributed by atoms with Crippen molar-refractivity contribution in [2.24, 2.45) is 11.7 Å². The molecule has 0 spiro atoms. The Morgan fingerprint density at radius 1 is 1.47 bits per heavy atom. The van der Waals surface area contributed by atoms with Gasteiger partial charge in [0.2, 0.25) is 0 Å². The van der Waals surface area contributed by atoms with Crippen LogP contribution in [0.3, 0.4) is 0 Å². The molecule has 1 aliphatic heterocycles. The zero-order valence-electron chi connectivity index (χ0n) is 11.4. The Morgan fingerprint density at radius 2 is 2.11 bits per heavy atom. The number of thiophene rings is 1. The number of nitrogens with two attached hydrogens (primary N) is 2. The lowest BCUT2D eigenvalue weighted by molar-refractivity contribution is 0.100. The fourth-order valence-corrected chi connectivity index (χ4v) is 4.63. The van der Waals surface area contributed by atoms with Crippen LogP contribution in [0, 0.1) is 5.92 Å². The Hall–Kier alpha value is -0.880. The first kappa shape index (κ1) is 14.5. The van der Waals surface area contributed by atoms with Crippen LogP contribution in [0.5, 0.6) is 0 Å². The highest BCUT2D eigenvalue weighted by Crippen LogP contribution is 2.44. The normalized spacial score (nSPS) is 16.8. The van der Waals surface area contributed by atoms with Crippen LogP contribution >= 0.6 is 23.1 Å². The van der Waals surface area contributed by atoms with Gasteiger partial charge >= 0.3 is 0 Å². The number of primary amides is 1. The Labute approximate surface area is 122 Å². The number of anilines is 2. The van der Waals surface area contributed by atoms with E-state index in [1.54, 1.807) is 11.8 Å². The van der Waals surface area contributed by atoms with E-state index in [2.05, 4.69) is 11.8 Å². The molecule has 6 heteroatoms. The van der Waals surface area contributed by atoms with E-state index in [1.165, 1.54) is 30.6 Å². The molecule has 1 saturated heterocycles. The van der Waals surface area contributed by atoms with Crippen LogP contribution in [-0.4, -0.2) is 25.3 Å². The number of nitrogens with zero attached hydrogens (tertiary/aromatic N) is 1. The standard InChI is InChI=1S/C13H21N3OS2/c1-3-8-4-6-16(7-5-8)13-11(18-2)9(14)10(19-13)12(15)17/h8H,3-7,14H2,1-2H3,(H2,15,17). The van der Waals surface area contributed by atoms with Gasteiger partial charge in [-0.2, -0.15) is 0 Å². The van der Waals surface area contributed by atoms with Crippen LogP contribution in [-0.2, 0) is 0 Å². The zero-order chi connectivity index (χ0) is 14.0. The van der Waals surface area contributed by atoms with E-state index in [-0.39, 0.29) is 0 Å². The fourth-order valence-electron chi connectivity index (χ4n) is 2.55. The minimum atomic E-state index is -0.424. The molecular weight excluding hydrogens is 278 g/mol.